The predicted molar refractivity (Wildman–Crippen MR) is 136 cm³/mol. The lowest BCUT2D eigenvalue weighted by Crippen LogP contribution is -2.55. The highest BCUT2D eigenvalue weighted by Crippen LogP contribution is 2.37. The first kappa shape index (κ1) is 28.7. The monoisotopic (exact) mass is 512 g/mol. The van der Waals surface area contributed by atoms with Crippen LogP contribution in [0, 0.1) is 23.7 Å². The first-order chi connectivity index (χ1) is 16.6. The van der Waals surface area contributed by atoms with Gasteiger partial charge in [0.1, 0.15) is 12.2 Å². The second-order valence-electron chi connectivity index (χ2n) is 10.7. The number of alkyl halides is 1. The minimum atomic E-state index is -2.65. The van der Waals surface area contributed by atoms with Crippen molar-refractivity contribution in [2.75, 3.05) is 13.7 Å². The zero-order valence-electron chi connectivity index (χ0n) is 22.6. The van der Waals surface area contributed by atoms with E-state index in [0.29, 0.717) is 13.2 Å². The largest absolute Gasteiger partial charge is 0.392 e. The van der Waals surface area contributed by atoms with Gasteiger partial charge >= 0.3 is 8.56 Å². The van der Waals surface area contributed by atoms with Gasteiger partial charge in [-0.3, -0.25) is 0 Å². The van der Waals surface area contributed by atoms with Gasteiger partial charge in [-0.1, -0.05) is 65.0 Å². The molecule has 2 saturated heterocycles. The van der Waals surface area contributed by atoms with Gasteiger partial charge in [-0.25, -0.2) is 4.39 Å². The fraction of sp³-hybridized carbons (Fsp3) is 0.778. The van der Waals surface area contributed by atoms with Crippen molar-refractivity contribution >= 4 is 8.56 Å². The summed E-state index contributed by atoms with van der Waals surface area (Å²) in [4.78, 5) is 0. The molecule has 6 nitrogen and oxygen atoms in total. The average molecular weight is 513 g/mol. The number of benzene rings is 1. The molecule has 10 atom stereocenters. The number of rotatable bonds is 10. The van der Waals surface area contributed by atoms with Crippen LogP contribution in [0.5, 0.6) is 0 Å². The number of hydrogen-bond donors (Lipinski definition) is 0. The van der Waals surface area contributed by atoms with Crippen LogP contribution in [-0.4, -0.2) is 59.3 Å². The van der Waals surface area contributed by atoms with Crippen molar-refractivity contribution in [3.05, 3.63) is 35.9 Å². The Morgan fingerprint density at radius 2 is 1.51 bits per heavy atom. The van der Waals surface area contributed by atoms with E-state index in [1.807, 2.05) is 57.3 Å². The van der Waals surface area contributed by atoms with Gasteiger partial charge in [0.15, 0.2) is 6.29 Å². The van der Waals surface area contributed by atoms with Crippen LogP contribution in [0.2, 0.25) is 13.1 Å². The molecule has 3 rings (SSSR count). The molecule has 0 aromatic heterocycles. The molecular weight excluding hydrogens is 467 g/mol. The minimum Gasteiger partial charge on any atom is -0.392 e. The fourth-order valence-electron chi connectivity index (χ4n) is 5.16. The number of hydrogen-bond acceptors (Lipinski definition) is 6. The quantitative estimate of drug-likeness (QED) is 0.375. The molecule has 0 bridgehead atoms. The first-order valence-corrected chi connectivity index (χ1v) is 15.8. The molecule has 2 aliphatic heterocycles. The second kappa shape index (κ2) is 12.6. The van der Waals surface area contributed by atoms with Gasteiger partial charge in [0.2, 0.25) is 6.36 Å². The highest BCUT2D eigenvalue weighted by molar-refractivity contribution is 6.64. The molecule has 4 unspecified atom stereocenters. The Hall–Kier alpha value is -0.873. The zero-order chi connectivity index (χ0) is 25.8. The topological polar surface area (TPSA) is 55.4 Å². The molecule has 0 N–H and O–H groups in total. The molecule has 2 aliphatic rings. The number of methoxy groups -OCH3 is 1. The van der Waals surface area contributed by atoms with Crippen LogP contribution < -0.4 is 0 Å². The summed E-state index contributed by atoms with van der Waals surface area (Å²) in [5, 5.41) is 0. The Labute approximate surface area is 212 Å². The van der Waals surface area contributed by atoms with E-state index in [9.17, 15) is 4.39 Å². The zero-order valence-corrected chi connectivity index (χ0v) is 23.6. The standard InChI is InChI=1S/C27H45FO6Si/c1-9-22-17(2)19(4)24(26(28)32-22)34-35(7,8)31-16-23-18(3)20(5)25(27(29-6)33-23)30-15-21-13-11-10-12-14-21/h10-14,17-20,22-27H,9,15-16H2,1-8H3/t17-,18-,19-,20-,22?,23?,24?,25?,26-,27-/m0/s1. The summed E-state index contributed by atoms with van der Waals surface area (Å²) in [6.45, 7) is 15.3. The summed E-state index contributed by atoms with van der Waals surface area (Å²) in [6, 6.07) is 10.1. The molecule has 0 spiro atoms. The van der Waals surface area contributed by atoms with E-state index < -0.39 is 27.3 Å². The molecule has 2 heterocycles. The third-order valence-corrected chi connectivity index (χ3v) is 9.64. The summed E-state index contributed by atoms with van der Waals surface area (Å²) < 4.78 is 51.3. The van der Waals surface area contributed by atoms with Gasteiger partial charge < -0.3 is 27.8 Å². The second-order valence-corrected chi connectivity index (χ2v) is 14.0. The Balaban J connectivity index is 1.56. The van der Waals surface area contributed by atoms with Crippen LogP contribution >= 0.6 is 0 Å². The Morgan fingerprint density at radius 1 is 0.886 bits per heavy atom. The molecule has 0 aliphatic carbocycles. The van der Waals surface area contributed by atoms with Gasteiger partial charge in [0.05, 0.1) is 25.4 Å². The van der Waals surface area contributed by atoms with E-state index in [0.717, 1.165) is 12.0 Å². The molecule has 2 fully saturated rings. The summed E-state index contributed by atoms with van der Waals surface area (Å²) in [6.07, 6.45) is -2.20. The van der Waals surface area contributed by atoms with Crippen molar-refractivity contribution in [2.24, 2.45) is 23.7 Å². The van der Waals surface area contributed by atoms with Crippen molar-refractivity contribution in [3.8, 4) is 0 Å². The molecule has 200 valence electrons. The van der Waals surface area contributed by atoms with Crippen LogP contribution in [0.25, 0.3) is 0 Å². The van der Waals surface area contributed by atoms with Crippen molar-refractivity contribution in [1.29, 1.82) is 0 Å². The van der Waals surface area contributed by atoms with E-state index in [2.05, 4.69) is 20.8 Å². The third kappa shape index (κ3) is 7.12. The Kier molecular flexibility index (Phi) is 10.3. The van der Waals surface area contributed by atoms with Crippen molar-refractivity contribution in [3.63, 3.8) is 0 Å². The van der Waals surface area contributed by atoms with Crippen LogP contribution in [-0.2, 0) is 34.4 Å². The Morgan fingerprint density at radius 3 is 2.14 bits per heavy atom. The fourth-order valence-corrected chi connectivity index (χ4v) is 6.77. The summed E-state index contributed by atoms with van der Waals surface area (Å²) >= 11 is 0. The van der Waals surface area contributed by atoms with Crippen LogP contribution in [0.4, 0.5) is 4.39 Å². The lowest BCUT2D eigenvalue weighted by atomic mass is 9.83. The predicted octanol–water partition coefficient (Wildman–Crippen LogP) is 5.70. The van der Waals surface area contributed by atoms with Crippen molar-refractivity contribution in [2.45, 2.75) is 97.8 Å². The van der Waals surface area contributed by atoms with E-state index in [-0.39, 0.29) is 42.0 Å². The third-order valence-electron chi connectivity index (χ3n) is 7.94. The van der Waals surface area contributed by atoms with E-state index >= 15 is 0 Å². The molecule has 8 heteroatoms. The first-order valence-electron chi connectivity index (χ1n) is 13.0. The van der Waals surface area contributed by atoms with Crippen molar-refractivity contribution in [1.82, 2.24) is 0 Å². The summed E-state index contributed by atoms with van der Waals surface area (Å²) in [5.74, 6) is 0.651. The van der Waals surface area contributed by atoms with Gasteiger partial charge in [-0.15, -0.1) is 0 Å². The highest BCUT2D eigenvalue weighted by Gasteiger charge is 2.47. The maximum absolute atomic E-state index is 14.8. The highest BCUT2D eigenvalue weighted by atomic mass is 28.4. The van der Waals surface area contributed by atoms with Crippen molar-refractivity contribution < 1.29 is 32.2 Å². The van der Waals surface area contributed by atoms with Crippen LogP contribution in [0.15, 0.2) is 30.3 Å². The minimum absolute atomic E-state index is 0.0457. The van der Waals surface area contributed by atoms with E-state index in [4.69, 9.17) is 27.8 Å². The van der Waals surface area contributed by atoms with E-state index in [1.165, 1.54) is 0 Å². The molecule has 0 amide bonds. The Bertz CT molecular complexity index is 765. The maximum atomic E-state index is 14.8. The van der Waals surface area contributed by atoms with Gasteiger partial charge in [0, 0.05) is 7.11 Å². The number of ether oxygens (including phenoxy) is 4. The summed E-state index contributed by atoms with van der Waals surface area (Å²) in [7, 11) is -1.01. The average Bonchev–Trinajstić information content (AvgIpc) is 2.84. The van der Waals surface area contributed by atoms with Crippen LogP contribution in [0.1, 0.15) is 46.6 Å². The number of halogens is 1. The molecule has 1 aromatic rings. The van der Waals surface area contributed by atoms with Gasteiger partial charge in [0.25, 0.3) is 0 Å². The van der Waals surface area contributed by atoms with Gasteiger partial charge in [-0.2, -0.15) is 0 Å². The molecular formula is C27H45FO6Si. The molecule has 35 heavy (non-hydrogen) atoms. The molecule has 0 radical (unpaired) electrons. The van der Waals surface area contributed by atoms with Crippen LogP contribution in [0.3, 0.4) is 0 Å². The van der Waals surface area contributed by atoms with Gasteiger partial charge in [-0.05, 0) is 48.7 Å². The maximum Gasteiger partial charge on any atom is 0.332 e. The SMILES string of the molecule is CCC1O[C@H](F)C(O[Si](C)(C)OCC2O[C@H](OC)C(OCc3ccccc3)[C@@H](C)[C@@H]2C)[C@@H](C)[C@@H]1C. The lowest BCUT2D eigenvalue weighted by molar-refractivity contribution is -0.279. The summed E-state index contributed by atoms with van der Waals surface area (Å²) in [5.41, 5.74) is 1.12. The smallest absolute Gasteiger partial charge is 0.332 e. The molecule has 1 aromatic carbocycles. The molecule has 0 saturated carbocycles. The van der Waals surface area contributed by atoms with E-state index in [1.54, 1.807) is 7.11 Å². The lowest BCUT2D eigenvalue weighted by Gasteiger charge is -2.45. The normalized spacial score (nSPS) is 38.4.